The summed E-state index contributed by atoms with van der Waals surface area (Å²) in [5.41, 5.74) is 0.857. The van der Waals surface area contributed by atoms with E-state index in [9.17, 15) is 9.18 Å². The maximum absolute atomic E-state index is 12.8. The van der Waals surface area contributed by atoms with Gasteiger partial charge in [0, 0.05) is 25.6 Å². The molecule has 0 radical (unpaired) electrons. The zero-order valence-corrected chi connectivity index (χ0v) is 11.9. The Labute approximate surface area is 127 Å². The zero-order chi connectivity index (χ0) is 13.9. The van der Waals surface area contributed by atoms with Gasteiger partial charge in [-0.3, -0.25) is 4.79 Å². The molecular weight excluding hydrogens is 297 g/mol. The van der Waals surface area contributed by atoms with Gasteiger partial charge in [-0.25, -0.2) is 4.39 Å². The first-order chi connectivity index (χ1) is 9.72. The highest BCUT2D eigenvalue weighted by Gasteiger charge is 2.18. The van der Waals surface area contributed by atoms with Crippen LogP contribution in [0.15, 0.2) is 30.5 Å². The summed E-state index contributed by atoms with van der Waals surface area (Å²) in [5, 5.41) is 14.1. The molecule has 0 atom stereocenters. The largest absolute Gasteiger partial charge is 0.350 e. The van der Waals surface area contributed by atoms with Gasteiger partial charge in [0.1, 0.15) is 5.82 Å². The van der Waals surface area contributed by atoms with E-state index in [0.717, 1.165) is 13.1 Å². The minimum Gasteiger partial charge on any atom is -0.350 e. The Morgan fingerprint density at radius 1 is 1.38 bits per heavy atom. The molecule has 21 heavy (non-hydrogen) atoms. The van der Waals surface area contributed by atoms with Crippen LogP contribution in [0.5, 0.6) is 0 Å². The summed E-state index contributed by atoms with van der Waals surface area (Å²) in [4.78, 5) is 13.2. The molecule has 1 saturated heterocycles. The number of hydrogen-bond acceptors (Lipinski definition) is 4. The molecule has 1 aliphatic rings. The number of amides is 1. The van der Waals surface area contributed by atoms with Crippen molar-refractivity contribution in [1.29, 1.82) is 0 Å². The number of benzene rings is 1. The van der Waals surface area contributed by atoms with E-state index in [0.29, 0.717) is 18.2 Å². The molecule has 112 valence electrons. The first-order valence-corrected chi connectivity index (χ1v) is 6.39. The van der Waals surface area contributed by atoms with Crippen molar-refractivity contribution < 1.29 is 9.18 Å². The van der Waals surface area contributed by atoms with Gasteiger partial charge in [0.15, 0.2) is 5.69 Å². The Morgan fingerprint density at radius 2 is 2.10 bits per heavy atom. The quantitative estimate of drug-likeness (QED) is 0.875. The van der Waals surface area contributed by atoms with Crippen LogP contribution in [0.2, 0.25) is 0 Å². The number of hydrogen-bond donors (Lipinski definition) is 2. The lowest BCUT2D eigenvalue weighted by Crippen LogP contribution is -2.48. The van der Waals surface area contributed by atoms with Gasteiger partial charge in [0.05, 0.1) is 11.9 Å². The topological polar surface area (TPSA) is 71.8 Å². The Hall–Kier alpha value is -1.99. The van der Waals surface area contributed by atoms with Gasteiger partial charge in [-0.1, -0.05) is 0 Å². The highest BCUT2D eigenvalue weighted by atomic mass is 35.5. The fourth-order valence-corrected chi connectivity index (χ4v) is 1.89. The molecule has 1 fully saturated rings. The van der Waals surface area contributed by atoms with Gasteiger partial charge in [-0.15, -0.1) is 17.5 Å². The lowest BCUT2D eigenvalue weighted by molar-refractivity contribution is 0.0937. The summed E-state index contributed by atoms with van der Waals surface area (Å²) in [7, 11) is 0. The maximum atomic E-state index is 12.8. The fraction of sp³-hybridized carbons (Fsp3) is 0.308. The molecule has 1 aliphatic heterocycles. The molecule has 2 N–H and O–H groups in total. The van der Waals surface area contributed by atoms with Gasteiger partial charge < -0.3 is 10.6 Å². The van der Waals surface area contributed by atoms with Crippen LogP contribution in [0.25, 0.3) is 5.69 Å². The normalized spacial score (nSPS) is 14.1. The van der Waals surface area contributed by atoms with Crippen LogP contribution in [-0.2, 0) is 0 Å². The van der Waals surface area contributed by atoms with Crippen molar-refractivity contribution in [1.82, 2.24) is 25.6 Å². The molecule has 6 nitrogen and oxygen atoms in total. The van der Waals surface area contributed by atoms with Gasteiger partial charge >= 0.3 is 0 Å². The van der Waals surface area contributed by atoms with E-state index < -0.39 is 0 Å². The third-order valence-corrected chi connectivity index (χ3v) is 3.20. The Morgan fingerprint density at radius 3 is 2.71 bits per heavy atom. The third kappa shape index (κ3) is 3.56. The molecule has 1 aromatic heterocycles. The van der Waals surface area contributed by atoms with Crippen molar-refractivity contribution >= 4 is 18.3 Å². The number of halogens is 2. The number of carbonyl (C=O) groups excluding carboxylic acids is 1. The van der Waals surface area contributed by atoms with E-state index in [4.69, 9.17) is 0 Å². The van der Waals surface area contributed by atoms with Gasteiger partial charge in [0.25, 0.3) is 5.91 Å². The second-order valence-electron chi connectivity index (χ2n) is 4.73. The molecule has 2 heterocycles. The SMILES string of the molecule is Cl.O=C(NCC1CNC1)c1cnn(-c2ccc(F)cc2)n1. The van der Waals surface area contributed by atoms with Crippen LogP contribution in [0, 0.1) is 11.7 Å². The lowest BCUT2D eigenvalue weighted by atomic mass is 10.0. The molecule has 8 heteroatoms. The molecule has 0 spiro atoms. The monoisotopic (exact) mass is 311 g/mol. The van der Waals surface area contributed by atoms with Crippen molar-refractivity contribution in [3.63, 3.8) is 0 Å². The molecule has 1 amide bonds. The molecule has 0 aliphatic carbocycles. The van der Waals surface area contributed by atoms with Crippen LogP contribution < -0.4 is 10.6 Å². The van der Waals surface area contributed by atoms with Crippen molar-refractivity contribution in [2.24, 2.45) is 5.92 Å². The van der Waals surface area contributed by atoms with E-state index in [1.165, 1.54) is 23.1 Å². The summed E-state index contributed by atoms with van der Waals surface area (Å²) in [6.07, 6.45) is 1.40. The second kappa shape index (κ2) is 6.64. The van der Waals surface area contributed by atoms with E-state index in [2.05, 4.69) is 20.8 Å². The van der Waals surface area contributed by atoms with Crippen LogP contribution in [0.4, 0.5) is 4.39 Å². The van der Waals surface area contributed by atoms with Crippen LogP contribution in [0.1, 0.15) is 10.5 Å². The van der Waals surface area contributed by atoms with E-state index >= 15 is 0 Å². The minimum absolute atomic E-state index is 0. The summed E-state index contributed by atoms with van der Waals surface area (Å²) >= 11 is 0. The summed E-state index contributed by atoms with van der Waals surface area (Å²) in [6, 6.07) is 5.75. The second-order valence-corrected chi connectivity index (χ2v) is 4.73. The molecule has 0 bridgehead atoms. The highest BCUT2D eigenvalue weighted by Crippen LogP contribution is 2.07. The Bertz CT molecular complexity index is 611. The number of nitrogens with one attached hydrogen (secondary N) is 2. The zero-order valence-electron chi connectivity index (χ0n) is 11.1. The number of rotatable bonds is 4. The number of nitrogens with zero attached hydrogens (tertiary/aromatic N) is 3. The predicted octanol–water partition coefficient (Wildman–Crippen LogP) is 0.777. The van der Waals surface area contributed by atoms with E-state index in [1.54, 1.807) is 12.1 Å². The molecule has 0 saturated carbocycles. The summed E-state index contributed by atoms with van der Waals surface area (Å²) in [6.45, 7) is 2.50. The summed E-state index contributed by atoms with van der Waals surface area (Å²) in [5.74, 6) is -0.0793. The smallest absolute Gasteiger partial charge is 0.273 e. The Kier molecular flexibility index (Phi) is 4.87. The van der Waals surface area contributed by atoms with Gasteiger partial charge in [-0.2, -0.15) is 9.90 Å². The average molecular weight is 312 g/mol. The van der Waals surface area contributed by atoms with Crippen molar-refractivity contribution in [3.05, 3.63) is 42.0 Å². The first kappa shape index (κ1) is 15.4. The van der Waals surface area contributed by atoms with Gasteiger partial charge in [-0.05, 0) is 24.3 Å². The van der Waals surface area contributed by atoms with Crippen molar-refractivity contribution in [3.8, 4) is 5.69 Å². The van der Waals surface area contributed by atoms with Crippen LogP contribution in [0.3, 0.4) is 0 Å². The maximum Gasteiger partial charge on any atom is 0.273 e. The Balaban J connectivity index is 0.00000161. The van der Waals surface area contributed by atoms with Gasteiger partial charge in [0.2, 0.25) is 0 Å². The standard InChI is InChI=1S/C13H14FN5O.ClH/c14-10-1-3-11(4-2-10)19-17-8-12(18-19)13(20)16-7-9-5-15-6-9;/h1-4,8-9,15H,5-7H2,(H,16,20);1H. The van der Waals surface area contributed by atoms with E-state index in [1.807, 2.05) is 0 Å². The van der Waals surface area contributed by atoms with E-state index in [-0.39, 0.29) is 29.8 Å². The first-order valence-electron chi connectivity index (χ1n) is 6.39. The molecule has 3 rings (SSSR count). The minimum atomic E-state index is -0.326. The number of aromatic nitrogens is 3. The highest BCUT2D eigenvalue weighted by molar-refractivity contribution is 5.91. The van der Waals surface area contributed by atoms with Crippen LogP contribution >= 0.6 is 12.4 Å². The average Bonchev–Trinajstić information content (AvgIpc) is 2.87. The van der Waals surface area contributed by atoms with Crippen molar-refractivity contribution in [2.45, 2.75) is 0 Å². The fourth-order valence-electron chi connectivity index (χ4n) is 1.89. The summed E-state index contributed by atoms with van der Waals surface area (Å²) < 4.78 is 12.8. The predicted molar refractivity (Wildman–Crippen MR) is 77.3 cm³/mol. The van der Waals surface area contributed by atoms with Crippen molar-refractivity contribution in [2.75, 3.05) is 19.6 Å². The van der Waals surface area contributed by atoms with Crippen LogP contribution in [-0.4, -0.2) is 40.5 Å². The molecule has 1 aromatic carbocycles. The third-order valence-electron chi connectivity index (χ3n) is 3.20. The molecule has 0 unspecified atom stereocenters. The number of carbonyl (C=O) groups is 1. The molecular formula is C13H15ClFN5O. The molecule has 2 aromatic rings. The lowest BCUT2D eigenvalue weighted by Gasteiger charge is -2.26.